The van der Waals surface area contributed by atoms with Crippen molar-refractivity contribution in [3.63, 3.8) is 0 Å². The summed E-state index contributed by atoms with van der Waals surface area (Å²) in [4.78, 5) is 20.5. The van der Waals surface area contributed by atoms with Gasteiger partial charge in [-0.25, -0.2) is 9.97 Å². The topological polar surface area (TPSA) is 66.9 Å². The third-order valence-electron chi connectivity index (χ3n) is 3.87. The molecular weight excluding hydrogens is 252 g/mol. The Morgan fingerprint density at radius 1 is 1.30 bits per heavy atom. The molecule has 0 radical (unpaired) electrons. The van der Waals surface area contributed by atoms with E-state index >= 15 is 0 Å². The number of nitrogens with one attached hydrogen (secondary N) is 2. The van der Waals surface area contributed by atoms with E-state index in [0.717, 1.165) is 25.2 Å². The zero-order chi connectivity index (χ0) is 14.4. The molecule has 0 aliphatic heterocycles. The minimum absolute atomic E-state index is 0.113. The van der Waals surface area contributed by atoms with E-state index < -0.39 is 0 Å². The van der Waals surface area contributed by atoms with E-state index in [-0.39, 0.29) is 11.9 Å². The molecule has 2 atom stereocenters. The number of amides is 1. The molecule has 0 aromatic carbocycles. The average molecular weight is 276 g/mol. The van der Waals surface area contributed by atoms with Gasteiger partial charge in [-0.3, -0.25) is 4.79 Å². The van der Waals surface area contributed by atoms with Crippen molar-refractivity contribution in [3.05, 3.63) is 18.1 Å². The normalized spacial score (nSPS) is 22.3. The molecule has 1 amide bonds. The fourth-order valence-electron chi connectivity index (χ4n) is 2.56. The molecule has 110 valence electrons. The summed E-state index contributed by atoms with van der Waals surface area (Å²) >= 11 is 0. The molecule has 1 aromatic rings. The highest BCUT2D eigenvalue weighted by Crippen LogP contribution is 2.23. The minimum Gasteiger partial charge on any atom is -0.369 e. The van der Waals surface area contributed by atoms with Crippen LogP contribution >= 0.6 is 0 Å². The molecular formula is C15H24N4O. The van der Waals surface area contributed by atoms with Crippen molar-refractivity contribution in [2.45, 2.75) is 52.0 Å². The summed E-state index contributed by atoms with van der Waals surface area (Å²) in [5, 5.41) is 6.23. The van der Waals surface area contributed by atoms with Crippen molar-refractivity contribution < 1.29 is 4.79 Å². The maximum absolute atomic E-state index is 12.1. The van der Waals surface area contributed by atoms with E-state index in [9.17, 15) is 4.79 Å². The first-order valence-electron chi connectivity index (χ1n) is 7.57. The highest BCUT2D eigenvalue weighted by Gasteiger charge is 2.23. The third kappa shape index (κ3) is 3.92. The Hall–Kier alpha value is -1.65. The first-order chi connectivity index (χ1) is 9.70. The number of nitrogens with zero attached hydrogens (tertiary/aromatic N) is 2. The molecule has 1 heterocycles. The number of carbonyl (C=O) groups excluding carboxylic acids is 1. The maximum atomic E-state index is 12.1. The third-order valence-corrected chi connectivity index (χ3v) is 3.87. The zero-order valence-electron chi connectivity index (χ0n) is 12.4. The lowest BCUT2D eigenvalue weighted by Crippen LogP contribution is -2.41. The fraction of sp³-hybridized carbons (Fsp3) is 0.667. The van der Waals surface area contributed by atoms with E-state index in [1.165, 1.54) is 19.3 Å². The van der Waals surface area contributed by atoms with Crippen LogP contribution in [-0.2, 0) is 0 Å². The summed E-state index contributed by atoms with van der Waals surface area (Å²) in [6, 6.07) is 0.274. The number of rotatable bonds is 5. The van der Waals surface area contributed by atoms with E-state index in [1.54, 1.807) is 12.4 Å². The van der Waals surface area contributed by atoms with Gasteiger partial charge in [0, 0.05) is 12.6 Å². The lowest BCUT2D eigenvalue weighted by atomic mass is 9.86. The van der Waals surface area contributed by atoms with Crippen molar-refractivity contribution in [1.82, 2.24) is 15.3 Å². The molecule has 2 unspecified atom stereocenters. The van der Waals surface area contributed by atoms with E-state index in [1.807, 2.05) is 0 Å². The molecule has 20 heavy (non-hydrogen) atoms. The lowest BCUT2D eigenvalue weighted by molar-refractivity contribution is 0.0905. The van der Waals surface area contributed by atoms with Gasteiger partial charge in [-0.2, -0.15) is 0 Å². The number of hydrogen-bond donors (Lipinski definition) is 2. The minimum atomic E-state index is -0.113. The second kappa shape index (κ2) is 7.22. The molecule has 1 aromatic heterocycles. The smallest absolute Gasteiger partial charge is 0.271 e. The van der Waals surface area contributed by atoms with Gasteiger partial charge in [-0.1, -0.05) is 26.7 Å². The van der Waals surface area contributed by atoms with Crippen LogP contribution in [0.15, 0.2) is 12.4 Å². The van der Waals surface area contributed by atoms with E-state index in [4.69, 9.17) is 0 Å². The van der Waals surface area contributed by atoms with Crippen LogP contribution < -0.4 is 10.6 Å². The van der Waals surface area contributed by atoms with E-state index in [0.29, 0.717) is 11.6 Å². The summed E-state index contributed by atoms with van der Waals surface area (Å²) in [6.07, 6.45) is 8.91. The largest absolute Gasteiger partial charge is 0.369 e. The Kier molecular flexibility index (Phi) is 5.32. The SMILES string of the molecule is CCCNc1cnc(C(=O)NC2CCCCC2C)cn1. The Labute approximate surface area is 120 Å². The Morgan fingerprint density at radius 3 is 2.75 bits per heavy atom. The van der Waals surface area contributed by atoms with Gasteiger partial charge in [-0.05, 0) is 25.2 Å². The molecule has 1 saturated carbocycles. The van der Waals surface area contributed by atoms with Crippen LogP contribution in [0, 0.1) is 5.92 Å². The first-order valence-corrected chi connectivity index (χ1v) is 7.57. The molecule has 1 fully saturated rings. The van der Waals surface area contributed by atoms with Gasteiger partial charge in [0.1, 0.15) is 11.5 Å². The highest BCUT2D eigenvalue weighted by atomic mass is 16.1. The van der Waals surface area contributed by atoms with Gasteiger partial charge in [0.05, 0.1) is 12.4 Å². The highest BCUT2D eigenvalue weighted by molar-refractivity contribution is 5.92. The van der Waals surface area contributed by atoms with Crippen LogP contribution in [0.3, 0.4) is 0 Å². The van der Waals surface area contributed by atoms with Gasteiger partial charge >= 0.3 is 0 Å². The molecule has 0 spiro atoms. The Bertz CT molecular complexity index is 432. The molecule has 5 nitrogen and oxygen atoms in total. The molecule has 5 heteroatoms. The number of hydrogen-bond acceptors (Lipinski definition) is 4. The van der Waals surface area contributed by atoms with Gasteiger partial charge in [0.25, 0.3) is 5.91 Å². The number of anilines is 1. The molecule has 2 rings (SSSR count). The second-order valence-electron chi connectivity index (χ2n) is 5.56. The quantitative estimate of drug-likeness (QED) is 0.867. The summed E-state index contributed by atoms with van der Waals surface area (Å²) in [6.45, 7) is 5.15. The van der Waals surface area contributed by atoms with E-state index in [2.05, 4.69) is 34.4 Å². The molecule has 1 aliphatic rings. The standard InChI is InChI=1S/C15H24N4O/c1-3-8-16-14-10-17-13(9-18-14)15(20)19-12-7-5-4-6-11(12)2/h9-12H,3-8H2,1-2H3,(H,16,18)(H,19,20). The summed E-state index contributed by atoms with van der Waals surface area (Å²) < 4.78 is 0. The second-order valence-corrected chi connectivity index (χ2v) is 5.56. The molecule has 2 N–H and O–H groups in total. The summed E-state index contributed by atoms with van der Waals surface area (Å²) in [5.74, 6) is 1.15. The Balaban J connectivity index is 1.91. The van der Waals surface area contributed by atoms with Crippen molar-refractivity contribution in [1.29, 1.82) is 0 Å². The van der Waals surface area contributed by atoms with Gasteiger partial charge in [0.2, 0.25) is 0 Å². The van der Waals surface area contributed by atoms with Crippen LogP contribution in [0.4, 0.5) is 5.82 Å². The molecule has 0 saturated heterocycles. The van der Waals surface area contributed by atoms with Crippen LogP contribution in [0.5, 0.6) is 0 Å². The first kappa shape index (κ1) is 14.8. The molecule has 0 bridgehead atoms. The Morgan fingerprint density at radius 2 is 2.10 bits per heavy atom. The number of aromatic nitrogens is 2. The van der Waals surface area contributed by atoms with Crippen LogP contribution in [0.1, 0.15) is 56.4 Å². The summed E-state index contributed by atoms with van der Waals surface area (Å²) in [7, 11) is 0. The van der Waals surface area contributed by atoms with Crippen molar-refractivity contribution in [3.8, 4) is 0 Å². The monoisotopic (exact) mass is 276 g/mol. The van der Waals surface area contributed by atoms with Crippen molar-refractivity contribution in [2.24, 2.45) is 5.92 Å². The zero-order valence-corrected chi connectivity index (χ0v) is 12.4. The van der Waals surface area contributed by atoms with Crippen LogP contribution in [0.2, 0.25) is 0 Å². The summed E-state index contributed by atoms with van der Waals surface area (Å²) in [5.41, 5.74) is 0.393. The van der Waals surface area contributed by atoms with Crippen molar-refractivity contribution >= 4 is 11.7 Å². The van der Waals surface area contributed by atoms with Crippen LogP contribution in [-0.4, -0.2) is 28.5 Å². The van der Waals surface area contributed by atoms with Gasteiger partial charge in [0.15, 0.2) is 0 Å². The fourth-order valence-corrected chi connectivity index (χ4v) is 2.56. The predicted molar refractivity (Wildman–Crippen MR) is 79.7 cm³/mol. The maximum Gasteiger partial charge on any atom is 0.271 e. The predicted octanol–water partition coefficient (Wildman–Crippen LogP) is 2.61. The lowest BCUT2D eigenvalue weighted by Gasteiger charge is -2.29. The van der Waals surface area contributed by atoms with Crippen molar-refractivity contribution in [2.75, 3.05) is 11.9 Å². The number of carbonyl (C=O) groups is 1. The van der Waals surface area contributed by atoms with Crippen LogP contribution in [0.25, 0.3) is 0 Å². The average Bonchev–Trinajstić information content (AvgIpc) is 2.48. The van der Waals surface area contributed by atoms with Gasteiger partial charge in [-0.15, -0.1) is 0 Å². The molecule has 1 aliphatic carbocycles. The van der Waals surface area contributed by atoms with Gasteiger partial charge < -0.3 is 10.6 Å².